The molecule has 0 bridgehead atoms. The van der Waals surface area contributed by atoms with Gasteiger partial charge in [0.15, 0.2) is 0 Å². The smallest absolute Gasteiger partial charge is 0.350 e. The fourth-order valence-corrected chi connectivity index (χ4v) is 2.01. The second-order valence-electron chi connectivity index (χ2n) is 4.04. The number of halogens is 1. The predicted molar refractivity (Wildman–Crippen MR) is 78.9 cm³/mol. The standard InChI is InChI=1S/C13H7BrN2O6/c14-10-3-1-2-4-12(10)22-13(17)9-6-5-8(15(18)19)7-11(9)16(20)21/h1-7H. The van der Waals surface area contributed by atoms with Crippen molar-refractivity contribution < 1.29 is 19.4 Å². The molecule has 0 saturated carbocycles. The molecule has 0 atom stereocenters. The van der Waals surface area contributed by atoms with Crippen LogP contribution in [0.4, 0.5) is 11.4 Å². The van der Waals surface area contributed by atoms with Crippen LogP contribution in [0.25, 0.3) is 0 Å². The third kappa shape index (κ3) is 3.26. The van der Waals surface area contributed by atoms with Crippen LogP contribution < -0.4 is 4.74 Å². The molecular formula is C13H7BrN2O6. The highest BCUT2D eigenvalue weighted by molar-refractivity contribution is 9.10. The Morgan fingerprint density at radius 3 is 2.32 bits per heavy atom. The van der Waals surface area contributed by atoms with E-state index >= 15 is 0 Å². The Morgan fingerprint density at radius 2 is 1.73 bits per heavy atom. The van der Waals surface area contributed by atoms with Crippen molar-refractivity contribution in [1.29, 1.82) is 0 Å². The SMILES string of the molecule is O=C(Oc1ccccc1Br)c1ccc([N+](=O)[O-])cc1[N+](=O)[O-]. The Hall–Kier alpha value is -2.81. The van der Waals surface area contributed by atoms with Crippen molar-refractivity contribution in [2.24, 2.45) is 0 Å². The number of carbonyl (C=O) groups excluding carboxylic acids is 1. The normalized spacial score (nSPS) is 10.0. The Kier molecular flexibility index (Phi) is 4.47. The molecule has 9 heteroatoms. The number of esters is 1. The summed E-state index contributed by atoms with van der Waals surface area (Å²) in [5.74, 6) is -0.798. The lowest BCUT2D eigenvalue weighted by Gasteiger charge is -2.06. The third-order valence-corrected chi connectivity index (χ3v) is 3.30. The summed E-state index contributed by atoms with van der Waals surface area (Å²) in [5, 5.41) is 21.6. The number of nitro benzene ring substituents is 2. The number of carbonyl (C=O) groups is 1. The largest absolute Gasteiger partial charge is 0.422 e. The van der Waals surface area contributed by atoms with Gasteiger partial charge in [-0.15, -0.1) is 0 Å². The molecule has 0 unspecified atom stereocenters. The summed E-state index contributed by atoms with van der Waals surface area (Å²) in [7, 11) is 0. The monoisotopic (exact) mass is 366 g/mol. The van der Waals surface area contributed by atoms with Crippen molar-refractivity contribution in [3.8, 4) is 5.75 Å². The molecule has 0 fully saturated rings. The van der Waals surface area contributed by atoms with Gasteiger partial charge in [0.2, 0.25) is 0 Å². The molecule has 0 aromatic heterocycles. The summed E-state index contributed by atoms with van der Waals surface area (Å²) in [6, 6.07) is 9.18. The van der Waals surface area contributed by atoms with Gasteiger partial charge < -0.3 is 4.74 Å². The van der Waals surface area contributed by atoms with Gasteiger partial charge in [-0.1, -0.05) is 12.1 Å². The van der Waals surface area contributed by atoms with Crippen LogP contribution in [0.15, 0.2) is 46.9 Å². The molecule has 0 aliphatic rings. The molecule has 0 N–H and O–H groups in total. The van der Waals surface area contributed by atoms with Crippen molar-refractivity contribution in [3.63, 3.8) is 0 Å². The fraction of sp³-hybridized carbons (Fsp3) is 0. The van der Waals surface area contributed by atoms with Gasteiger partial charge in [-0.2, -0.15) is 0 Å². The summed E-state index contributed by atoms with van der Waals surface area (Å²) >= 11 is 3.18. The van der Waals surface area contributed by atoms with Crippen LogP contribution in [0.3, 0.4) is 0 Å². The van der Waals surface area contributed by atoms with E-state index < -0.39 is 27.2 Å². The van der Waals surface area contributed by atoms with Crippen LogP contribution in [-0.2, 0) is 0 Å². The lowest BCUT2D eigenvalue weighted by atomic mass is 10.1. The Labute approximate surface area is 131 Å². The quantitative estimate of drug-likeness (QED) is 0.354. The zero-order valence-corrected chi connectivity index (χ0v) is 12.3. The van der Waals surface area contributed by atoms with Crippen molar-refractivity contribution >= 4 is 33.3 Å². The maximum absolute atomic E-state index is 12.1. The van der Waals surface area contributed by atoms with E-state index in [1.807, 2.05) is 0 Å². The van der Waals surface area contributed by atoms with Gasteiger partial charge in [0.05, 0.1) is 20.4 Å². The molecule has 2 aromatic rings. The summed E-state index contributed by atoms with van der Waals surface area (Å²) in [4.78, 5) is 32.0. The maximum Gasteiger partial charge on any atom is 0.350 e. The van der Waals surface area contributed by atoms with Crippen LogP contribution in [0.2, 0.25) is 0 Å². The first-order valence-corrected chi connectivity index (χ1v) is 6.59. The number of rotatable bonds is 4. The van der Waals surface area contributed by atoms with Crippen LogP contribution >= 0.6 is 15.9 Å². The zero-order valence-electron chi connectivity index (χ0n) is 10.8. The summed E-state index contributed by atoms with van der Waals surface area (Å²) < 4.78 is 5.56. The molecule has 8 nitrogen and oxygen atoms in total. The van der Waals surface area contributed by atoms with E-state index in [-0.39, 0.29) is 11.3 Å². The number of para-hydroxylation sites is 1. The zero-order chi connectivity index (χ0) is 16.3. The minimum atomic E-state index is -0.978. The first-order valence-electron chi connectivity index (χ1n) is 5.79. The molecule has 0 spiro atoms. The summed E-state index contributed by atoms with van der Waals surface area (Å²) in [5.41, 5.74) is -1.54. The molecular weight excluding hydrogens is 360 g/mol. The van der Waals surface area contributed by atoms with E-state index in [1.54, 1.807) is 18.2 Å². The predicted octanol–water partition coefficient (Wildman–Crippen LogP) is 3.48. The number of hydrogen-bond donors (Lipinski definition) is 0. The molecule has 112 valence electrons. The van der Waals surface area contributed by atoms with Crippen molar-refractivity contribution in [2.75, 3.05) is 0 Å². The highest BCUT2D eigenvalue weighted by Gasteiger charge is 2.25. The van der Waals surface area contributed by atoms with Crippen LogP contribution in [0.1, 0.15) is 10.4 Å². The molecule has 0 amide bonds. The summed E-state index contributed by atoms with van der Waals surface area (Å²) in [6.45, 7) is 0. The van der Waals surface area contributed by atoms with E-state index in [0.29, 0.717) is 4.47 Å². The average molecular weight is 367 g/mol. The lowest BCUT2D eigenvalue weighted by Crippen LogP contribution is -2.11. The average Bonchev–Trinajstić information content (AvgIpc) is 2.48. The first-order chi connectivity index (χ1) is 10.4. The number of hydrogen-bond acceptors (Lipinski definition) is 6. The number of benzene rings is 2. The molecule has 0 radical (unpaired) electrons. The maximum atomic E-state index is 12.1. The van der Waals surface area contributed by atoms with E-state index in [4.69, 9.17) is 4.74 Å². The fourth-order valence-electron chi connectivity index (χ4n) is 1.64. The first kappa shape index (κ1) is 15.6. The topological polar surface area (TPSA) is 113 Å². The number of ether oxygens (including phenoxy) is 1. The molecule has 2 rings (SSSR count). The van der Waals surface area contributed by atoms with Crippen molar-refractivity contribution in [3.05, 3.63) is 72.7 Å². The highest BCUT2D eigenvalue weighted by Crippen LogP contribution is 2.28. The van der Waals surface area contributed by atoms with Gasteiger partial charge in [0, 0.05) is 6.07 Å². The van der Waals surface area contributed by atoms with Gasteiger partial charge in [0.1, 0.15) is 11.3 Å². The minimum absolute atomic E-state index is 0.181. The molecule has 0 aliphatic heterocycles. The number of nitrogens with zero attached hydrogens (tertiary/aromatic N) is 2. The molecule has 0 saturated heterocycles. The highest BCUT2D eigenvalue weighted by atomic mass is 79.9. The Morgan fingerprint density at radius 1 is 1.05 bits per heavy atom. The molecule has 0 aliphatic carbocycles. The second kappa shape index (κ2) is 6.31. The van der Waals surface area contributed by atoms with E-state index in [2.05, 4.69) is 15.9 Å². The van der Waals surface area contributed by atoms with Crippen LogP contribution in [0.5, 0.6) is 5.75 Å². The van der Waals surface area contributed by atoms with Gasteiger partial charge in [-0.3, -0.25) is 20.2 Å². The van der Waals surface area contributed by atoms with Gasteiger partial charge in [-0.05, 0) is 34.1 Å². The minimum Gasteiger partial charge on any atom is -0.422 e. The molecule has 0 heterocycles. The number of non-ortho nitro benzene ring substituents is 1. The van der Waals surface area contributed by atoms with Crippen LogP contribution in [0, 0.1) is 20.2 Å². The van der Waals surface area contributed by atoms with Crippen molar-refractivity contribution in [2.45, 2.75) is 0 Å². The molecule has 22 heavy (non-hydrogen) atoms. The lowest BCUT2D eigenvalue weighted by molar-refractivity contribution is -0.394. The third-order valence-electron chi connectivity index (χ3n) is 2.65. The molecule has 2 aromatic carbocycles. The Balaban J connectivity index is 2.39. The van der Waals surface area contributed by atoms with Gasteiger partial charge in [-0.25, -0.2) is 4.79 Å². The second-order valence-corrected chi connectivity index (χ2v) is 4.89. The van der Waals surface area contributed by atoms with Crippen LogP contribution in [-0.4, -0.2) is 15.8 Å². The van der Waals surface area contributed by atoms with Gasteiger partial charge >= 0.3 is 5.97 Å². The van der Waals surface area contributed by atoms with E-state index in [0.717, 1.165) is 18.2 Å². The summed E-state index contributed by atoms with van der Waals surface area (Å²) in [6.07, 6.45) is 0. The Bertz CT molecular complexity index is 777. The van der Waals surface area contributed by atoms with Gasteiger partial charge in [0.25, 0.3) is 11.4 Å². The van der Waals surface area contributed by atoms with E-state index in [9.17, 15) is 25.0 Å². The number of nitro groups is 2. The van der Waals surface area contributed by atoms with E-state index in [1.165, 1.54) is 6.07 Å². The van der Waals surface area contributed by atoms with Crippen molar-refractivity contribution in [1.82, 2.24) is 0 Å².